The van der Waals surface area contributed by atoms with E-state index in [1.165, 1.54) is 17.1 Å². The van der Waals surface area contributed by atoms with Crippen LogP contribution in [0.5, 0.6) is 11.5 Å². The van der Waals surface area contributed by atoms with Crippen LogP contribution < -0.4 is 4.18 Å². The van der Waals surface area contributed by atoms with Crippen LogP contribution >= 0.6 is 11.8 Å². The number of hydrogen-bond donors (Lipinski definition) is 2. The predicted octanol–water partition coefficient (Wildman–Crippen LogP) is 6.48. The molecule has 1 aliphatic heterocycles. The molecule has 0 bridgehead atoms. The molecule has 2 heterocycles. The van der Waals surface area contributed by atoms with Crippen molar-refractivity contribution in [3.63, 3.8) is 0 Å². The lowest BCUT2D eigenvalue weighted by Gasteiger charge is -2.37. The molecule has 0 spiro atoms. The van der Waals surface area contributed by atoms with Gasteiger partial charge in [0.05, 0.1) is 6.33 Å². The highest BCUT2D eigenvalue weighted by Crippen LogP contribution is 2.45. The largest absolute Gasteiger partial charge is 0.511 e. The SMILES string of the molecule is CCCC1(CCc2ccc(O)cc2)CC(O)=C(Sc2cc(C)c(OS(=O)(=O)c3cn(C)cn3)cc2C(C)(C)C)C(=O)O1. The molecule has 1 atom stereocenters. The van der Waals surface area contributed by atoms with E-state index >= 15 is 0 Å². The summed E-state index contributed by atoms with van der Waals surface area (Å²) >= 11 is 1.12. The van der Waals surface area contributed by atoms with Gasteiger partial charge in [-0.05, 0) is 72.6 Å². The lowest BCUT2D eigenvalue weighted by atomic mass is 9.85. The zero-order valence-electron chi connectivity index (χ0n) is 24.8. The second-order valence-electron chi connectivity index (χ2n) is 11.8. The summed E-state index contributed by atoms with van der Waals surface area (Å²) in [5, 5.41) is 20.6. The van der Waals surface area contributed by atoms with Gasteiger partial charge in [-0.2, -0.15) is 8.42 Å². The Hall–Kier alpha value is -3.44. The summed E-state index contributed by atoms with van der Waals surface area (Å²) in [6, 6.07) is 10.4. The smallest absolute Gasteiger partial charge is 0.358 e. The van der Waals surface area contributed by atoms with Crippen LogP contribution in [0.1, 0.15) is 70.1 Å². The molecule has 2 aromatic carbocycles. The summed E-state index contributed by atoms with van der Waals surface area (Å²) in [5.74, 6) is -0.257. The number of phenols is 1. The molecule has 0 amide bonds. The lowest BCUT2D eigenvalue weighted by Crippen LogP contribution is -2.40. The number of aryl methyl sites for hydroxylation is 3. The third-order valence-electron chi connectivity index (χ3n) is 7.19. The molecule has 0 aliphatic carbocycles. The van der Waals surface area contributed by atoms with Crippen LogP contribution in [-0.2, 0) is 38.5 Å². The van der Waals surface area contributed by atoms with Crippen molar-refractivity contribution in [2.24, 2.45) is 7.05 Å². The van der Waals surface area contributed by atoms with Gasteiger partial charge in [0.1, 0.15) is 27.8 Å². The third-order valence-corrected chi connectivity index (χ3v) is 9.48. The van der Waals surface area contributed by atoms with Gasteiger partial charge in [0, 0.05) is 24.6 Å². The number of benzene rings is 2. The number of imidazole rings is 1. The van der Waals surface area contributed by atoms with Gasteiger partial charge >= 0.3 is 16.1 Å². The highest BCUT2D eigenvalue weighted by molar-refractivity contribution is 8.04. The number of thioether (sulfide) groups is 1. The molecular formula is C31H38N2O7S2. The van der Waals surface area contributed by atoms with Crippen molar-refractivity contribution in [3.05, 3.63) is 76.3 Å². The highest BCUT2D eigenvalue weighted by Gasteiger charge is 2.42. The minimum absolute atomic E-state index is 0.0222. The lowest BCUT2D eigenvalue weighted by molar-refractivity contribution is -0.159. The number of aliphatic hydroxyl groups is 1. The number of cyclic esters (lactones) is 1. The maximum atomic E-state index is 13.4. The Labute approximate surface area is 251 Å². The number of aromatic hydroxyl groups is 1. The molecule has 1 aliphatic rings. The molecule has 0 saturated carbocycles. The molecule has 4 rings (SSSR count). The van der Waals surface area contributed by atoms with E-state index in [-0.39, 0.29) is 33.6 Å². The average Bonchev–Trinajstić information content (AvgIpc) is 3.34. The van der Waals surface area contributed by atoms with E-state index < -0.39 is 27.1 Å². The van der Waals surface area contributed by atoms with Crippen LogP contribution in [0, 0.1) is 6.92 Å². The first kappa shape index (κ1) is 31.5. The number of aromatic nitrogens is 2. The Bertz CT molecular complexity index is 1600. The zero-order chi connectivity index (χ0) is 30.9. The number of rotatable bonds is 10. The number of phenolic OH excluding ortho intramolecular Hbond substituents is 1. The van der Waals surface area contributed by atoms with Crippen molar-refractivity contribution in [1.82, 2.24) is 9.55 Å². The second-order valence-corrected chi connectivity index (χ2v) is 14.4. The van der Waals surface area contributed by atoms with E-state index in [9.17, 15) is 23.4 Å². The molecule has 3 aromatic rings. The summed E-state index contributed by atoms with van der Waals surface area (Å²) < 4.78 is 38.8. The topological polar surface area (TPSA) is 128 Å². The fraction of sp³-hybridized carbons (Fsp3) is 0.419. The van der Waals surface area contributed by atoms with Crippen molar-refractivity contribution in [3.8, 4) is 11.5 Å². The van der Waals surface area contributed by atoms with E-state index in [0.717, 1.165) is 29.3 Å². The summed E-state index contributed by atoms with van der Waals surface area (Å²) in [6.07, 6.45) is 5.47. The predicted molar refractivity (Wildman–Crippen MR) is 161 cm³/mol. The average molecular weight is 615 g/mol. The molecule has 11 heteroatoms. The molecule has 1 aromatic heterocycles. The quantitative estimate of drug-likeness (QED) is 0.195. The van der Waals surface area contributed by atoms with Crippen LogP contribution in [0.25, 0.3) is 0 Å². The highest BCUT2D eigenvalue weighted by atomic mass is 32.2. The van der Waals surface area contributed by atoms with Crippen LogP contribution in [0.2, 0.25) is 0 Å². The molecule has 226 valence electrons. The number of carbonyl (C=O) groups excluding carboxylic acids is 1. The minimum Gasteiger partial charge on any atom is -0.511 e. The molecule has 42 heavy (non-hydrogen) atoms. The van der Waals surface area contributed by atoms with Gasteiger partial charge in [0.15, 0.2) is 0 Å². The molecule has 0 fully saturated rings. The molecule has 1 unspecified atom stereocenters. The van der Waals surface area contributed by atoms with Gasteiger partial charge in [-0.1, -0.05) is 58.0 Å². The maximum Gasteiger partial charge on any atom is 0.358 e. The number of aliphatic hydroxyl groups excluding tert-OH is 1. The van der Waals surface area contributed by atoms with Gasteiger partial charge < -0.3 is 23.7 Å². The van der Waals surface area contributed by atoms with Crippen LogP contribution in [0.15, 0.2) is 69.5 Å². The summed E-state index contributed by atoms with van der Waals surface area (Å²) in [7, 11) is -2.49. The summed E-state index contributed by atoms with van der Waals surface area (Å²) in [5.41, 5.74) is 1.01. The summed E-state index contributed by atoms with van der Waals surface area (Å²) in [4.78, 5) is 18.1. The Balaban J connectivity index is 1.62. The van der Waals surface area contributed by atoms with E-state index in [0.29, 0.717) is 29.7 Å². The minimum atomic E-state index is -4.16. The van der Waals surface area contributed by atoms with Crippen molar-refractivity contribution >= 4 is 27.8 Å². The number of nitrogens with zero attached hydrogens (tertiary/aromatic N) is 2. The maximum absolute atomic E-state index is 13.4. The van der Waals surface area contributed by atoms with Gasteiger partial charge in [-0.25, -0.2) is 9.78 Å². The van der Waals surface area contributed by atoms with E-state index in [2.05, 4.69) is 4.98 Å². The van der Waals surface area contributed by atoms with E-state index in [1.807, 2.05) is 39.8 Å². The zero-order valence-corrected chi connectivity index (χ0v) is 26.4. The molecule has 9 nitrogen and oxygen atoms in total. The first-order chi connectivity index (χ1) is 19.6. The Morgan fingerprint density at radius 1 is 1.14 bits per heavy atom. The van der Waals surface area contributed by atoms with Gasteiger partial charge in [-0.3, -0.25) is 0 Å². The fourth-order valence-electron chi connectivity index (χ4n) is 4.99. The van der Waals surface area contributed by atoms with Crippen molar-refractivity contribution in [1.29, 1.82) is 0 Å². The van der Waals surface area contributed by atoms with Crippen LogP contribution in [-0.4, -0.2) is 39.8 Å². The monoisotopic (exact) mass is 614 g/mol. The van der Waals surface area contributed by atoms with Gasteiger partial charge in [0.2, 0.25) is 5.03 Å². The number of ether oxygens (including phenoxy) is 1. The molecular weight excluding hydrogens is 576 g/mol. The molecule has 0 saturated heterocycles. The molecule has 0 radical (unpaired) electrons. The van der Waals surface area contributed by atoms with Crippen LogP contribution in [0.3, 0.4) is 0 Å². The van der Waals surface area contributed by atoms with Crippen LogP contribution in [0.4, 0.5) is 0 Å². The normalized spacial score (nSPS) is 17.8. The van der Waals surface area contributed by atoms with E-state index in [1.54, 1.807) is 38.2 Å². The van der Waals surface area contributed by atoms with Crippen molar-refractivity contribution in [2.75, 3.05) is 0 Å². The second kappa shape index (κ2) is 12.0. The number of esters is 1. The Morgan fingerprint density at radius 2 is 1.83 bits per heavy atom. The number of carbonyl (C=O) groups is 1. The third kappa shape index (κ3) is 7.12. The standard InChI is InChI=1S/C31H38N2O7S2/c1-7-13-31(14-12-21-8-10-22(34)11-9-21)17-24(35)28(29(36)39-31)41-26-15-20(2)25(16-23(26)30(3,4)5)40-42(37,38)27-18-33(6)19-32-27/h8-11,15-16,18-19,34-35H,7,12-14,17H2,1-6H3. The van der Waals surface area contributed by atoms with Crippen molar-refractivity contribution in [2.45, 2.75) is 87.7 Å². The first-order valence-corrected chi connectivity index (χ1v) is 16.0. The fourth-order valence-corrected chi connectivity index (χ4v) is 7.21. The Morgan fingerprint density at radius 3 is 2.40 bits per heavy atom. The summed E-state index contributed by atoms with van der Waals surface area (Å²) in [6.45, 7) is 9.66. The Kier molecular flexibility index (Phi) is 9.03. The van der Waals surface area contributed by atoms with E-state index in [4.69, 9.17) is 8.92 Å². The van der Waals surface area contributed by atoms with Gasteiger partial charge in [0.25, 0.3) is 0 Å². The first-order valence-electron chi connectivity index (χ1n) is 13.8. The van der Waals surface area contributed by atoms with Gasteiger partial charge in [-0.15, -0.1) is 0 Å². The number of hydrogen-bond acceptors (Lipinski definition) is 9. The van der Waals surface area contributed by atoms with Crippen molar-refractivity contribution < 1.29 is 32.3 Å². The molecule has 2 N–H and O–H groups in total.